The zero-order valence-corrected chi connectivity index (χ0v) is 16.0. The maximum atomic E-state index is 12.6. The first kappa shape index (κ1) is 18.0. The van der Waals surface area contributed by atoms with Gasteiger partial charge in [-0.2, -0.15) is 0 Å². The average Bonchev–Trinajstić information content (AvgIpc) is 3.25. The number of aryl methyl sites for hydroxylation is 2. The standard InChI is InChI=1S/C20H26N2O2S/c1-14-11-18(15(2)25-14)20(23)21-13-19(22-9-4-5-10-22)16-7-6-8-17(12-16)24-3/h6-8,11-12,19H,4-5,9-10,13H2,1-3H3,(H,21,23)/t19-/m1/s1. The van der Waals surface area contributed by atoms with Crippen LogP contribution in [-0.2, 0) is 0 Å². The number of hydrogen-bond donors (Lipinski definition) is 1. The molecule has 134 valence electrons. The zero-order valence-electron chi connectivity index (χ0n) is 15.2. The average molecular weight is 359 g/mol. The number of nitrogens with one attached hydrogen (secondary N) is 1. The quantitative estimate of drug-likeness (QED) is 0.850. The lowest BCUT2D eigenvalue weighted by atomic mass is 10.0. The van der Waals surface area contributed by atoms with Gasteiger partial charge < -0.3 is 10.1 Å². The van der Waals surface area contributed by atoms with E-state index in [4.69, 9.17) is 4.74 Å². The van der Waals surface area contributed by atoms with Crippen molar-refractivity contribution in [3.05, 3.63) is 51.2 Å². The van der Waals surface area contributed by atoms with Gasteiger partial charge in [0.25, 0.3) is 5.91 Å². The predicted octanol–water partition coefficient (Wildman–Crippen LogP) is 3.94. The van der Waals surface area contributed by atoms with Gasteiger partial charge in [0.15, 0.2) is 0 Å². The van der Waals surface area contributed by atoms with E-state index in [1.165, 1.54) is 23.3 Å². The Morgan fingerprint density at radius 2 is 2.04 bits per heavy atom. The van der Waals surface area contributed by atoms with Crippen molar-refractivity contribution in [2.24, 2.45) is 0 Å². The number of amides is 1. The molecule has 1 aromatic heterocycles. The molecule has 0 unspecified atom stereocenters. The van der Waals surface area contributed by atoms with Crippen molar-refractivity contribution >= 4 is 17.2 Å². The number of nitrogens with zero attached hydrogens (tertiary/aromatic N) is 1. The van der Waals surface area contributed by atoms with Gasteiger partial charge in [-0.05, 0) is 63.5 Å². The molecule has 1 N–H and O–H groups in total. The Morgan fingerprint density at radius 3 is 2.68 bits per heavy atom. The second-order valence-electron chi connectivity index (χ2n) is 6.57. The summed E-state index contributed by atoms with van der Waals surface area (Å²) >= 11 is 1.67. The second kappa shape index (κ2) is 8.02. The van der Waals surface area contributed by atoms with Crippen molar-refractivity contribution in [1.82, 2.24) is 10.2 Å². The lowest BCUT2D eigenvalue weighted by molar-refractivity contribution is 0.0938. The number of methoxy groups -OCH3 is 1. The van der Waals surface area contributed by atoms with Crippen LogP contribution in [0.3, 0.4) is 0 Å². The SMILES string of the molecule is COc1cccc([C@@H](CNC(=O)c2cc(C)sc2C)N2CCCC2)c1. The third-order valence-corrected chi connectivity index (χ3v) is 5.77. The molecule has 0 radical (unpaired) electrons. The molecule has 1 saturated heterocycles. The lowest BCUT2D eigenvalue weighted by Crippen LogP contribution is -2.36. The minimum absolute atomic E-state index is 0.0222. The molecular formula is C20H26N2O2S. The molecule has 5 heteroatoms. The first-order valence-corrected chi connectivity index (χ1v) is 9.63. The number of carbonyl (C=O) groups excluding carboxylic acids is 1. The Balaban J connectivity index is 1.75. The Hall–Kier alpha value is -1.85. The van der Waals surface area contributed by atoms with Gasteiger partial charge in [-0.3, -0.25) is 9.69 Å². The van der Waals surface area contributed by atoms with E-state index in [9.17, 15) is 4.79 Å². The highest BCUT2D eigenvalue weighted by atomic mass is 32.1. The number of carbonyl (C=O) groups is 1. The minimum atomic E-state index is 0.0222. The third-order valence-electron chi connectivity index (χ3n) is 4.80. The van der Waals surface area contributed by atoms with E-state index >= 15 is 0 Å². The predicted molar refractivity (Wildman–Crippen MR) is 103 cm³/mol. The van der Waals surface area contributed by atoms with Crippen LogP contribution in [0.1, 0.15) is 44.6 Å². The number of hydrogen-bond acceptors (Lipinski definition) is 4. The van der Waals surface area contributed by atoms with Gasteiger partial charge in [0.05, 0.1) is 18.7 Å². The molecule has 1 aliphatic rings. The third kappa shape index (κ3) is 4.22. The molecule has 1 amide bonds. The summed E-state index contributed by atoms with van der Waals surface area (Å²) in [6.07, 6.45) is 2.44. The van der Waals surface area contributed by atoms with Crippen molar-refractivity contribution in [3.63, 3.8) is 0 Å². The number of rotatable bonds is 6. The molecule has 2 aromatic rings. The highest BCUT2D eigenvalue weighted by Gasteiger charge is 2.25. The van der Waals surface area contributed by atoms with E-state index in [0.717, 1.165) is 29.3 Å². The fraction of sp³-hybridized carbons (Fsp3) is 0.450. The van der Waals surface area contributed by atoms with E-state index in [2.05, 4.69) is 22.3 Å². The fourth-order valence-electron chi connectivity index (χ4n) is 3.50. The normalized spacial score (nSPS) is 16.0. The van der Waals surface area contributed by atoms with Gasteiger partial charge in [0.2, 0.25) is 0 Å². The smallest absolute Gasteiger partial charge is 0.252 e. The highest BCUT2D eigenvalue weighted by molar-refractivity contribution is 7.12. The number of thiophene rings is 1. The van der Waals surface area contributed by atoms with E-state index in [1.807, 2.05) is 32.0 Å². The summed E-state index contributed by atoms with van der Waals surface area (Å²) in [6.45, 7) is 6.81. The number of benzene rings is 1. The van der Waals surface area contributed by atoms with E-state index in [-0.39, 0.29) is 11.9 Å². The van der Waals surface area contributed by atoms with Gasteiger partial charge in [-0.15, -0.1) is 11.3 Å². The van der Waals surface area contributed by atoms with Crippen molar-refractivity contribution in [2.75, 3.05) is 26.7 Å². The topological polar surface area (TPSA) is 41.6 Å². The fourth-order valence-corrected chi connectivity index (χ4v) is 4.42. The van der Waals surface area contributed by atoms with Crippen molar-refractivity contribution in [3.8, 4) is 5.75 Å². The maximum absolute atomic E-state index is 12.6. The molecule has 25 heavy (non-hydrogen) atoms. The molecule has 0 spiro atoms. The second-order valence-corrected chi connectivity index (χ2v) is 8.03. The minimum Gasteiger partial charge on any atom is -0.497 e. The van der Waals surface area contributed by atoms with Crippen molar-refractivity contribution in [1.29, 1.82) is 0 Å². The lowest BCUT2D eigenvalue weighted by Gasteiger charge is -2.28. The van der Waals surface area contributed by atoms with Gasteiger partial charge >= 0.3 is 0 Å². The van der Waals surface area contributed by atoms with Crippen LogP contribution in [0.2, 0.25) is 0 Å². The van der Waals surface area contributed by atoms with Crippen LogP contribution in [0.4, 0.5) is 0 Å². The number of ether oxygens (including phenoxy) is 1. The zero-order chi connectivity index (χ0) is 17.8. The van der Waals surface area contributed by atoms with Gasteiger partial charge in [0, 0.05) is 16.3 Å². The van der Waals surface area contributed by atoms with Crippen LogP contribution >= 0.6 is 11.3 Å². The summed E-state index contributed by atoms with van der Waals surface area (Å²) in [5.41, 5.74) is 1.99. The Morgan fingerprint density at radius 1 is 1.28 bits per heavy atom. The van der Waals surface area contributed by atoms with E-state index < -0.39 is 0 Å². The molecule has 1 aromatic carbocycles. The first-order valence-electron chi connectivity index (χ1n) is 8.81. The Bertz CT molecular complexity index is 735. The summed E-state index contributed by atoms with van der Waals surface area (Å²) in [5, 5.41) is 3.15. The van der Waals surface area contributed by atoms with Crippen LogP contribution in [0.5, 0.6) is 5.75 Å². The van der Waals surface area contributed by atoms with Gasteiger partial charge in [0.1, 0.15) is 5.75 Å². The summed E-state index contributed by atoms with van der Waals surface area (Å²) in [4.78, 5) is 17.3. The summed E-state index contributed by atoms with van der Waals surface area (Å²) in [5.74, 6) is 0.881. The monoisotopic (exact) mass is 358 g/mol. The molecule has 0 aliphatic carbocycles. The van der Waals surface area contributed by atoms with Gasteiger partial charge in [-0.25, -0.2) is 0 Å². The van der Waals surface area contributed by atoms with Crippen LogP contribution in [0.25, 0.3) is 0 Å². The molecular weight excluding hydrogens is 332 g/mol. The molecule has 1 atom stereocenters. The van der Waals surface area contributed by atoms with Crippen LogP contribution < -0.4 is 10.1 Å². The summed E-state index contributed by atoms with van der Waals surface area (Å²) in [6, 6.07) is 10.3. The Kier molecular flexibility index (Phi) is 5.76. The molecule has 4 nitrogen and oxygen atoms in total. The summed E-state index contributed by atoms with van der Waals surface area (Å²) < 4.78 is 5.38. The van der Waals surface area contributed by atoms with Crippen LogP contribution in [0.15, 0.2) is 30.3 Å². The number of likely N-dealkylation sites (tertiary alicyclic amines) is 1. The molecule has 1 fully saturated rings. The largest absolute Gasteiger partial charge is 0.497 e. The summed E-state index contributed by atoms with van der Waals surface area (Å²) in [7, 11) is 1.69. The molecule has 0 saturated carbocycles. The molecule has 0 bridgehead atoms. The van der Waals surface area contributed by atoms with Crippen LogP contribution in [-0.4, -0.2) is 37.6 Å². The van der Waals surface area contributed by atoms with Crippen LogP contribution in [0, 0.1) is 13.8 Å². The maximum Gasteiger partial charge on any atom is 0.252 e. The first-order chi connectivity index (χ1) is 12.1. The van der Waals surface area contributed by atoms with E-state index in [0.29, 0.717) is 6.54 Å². The van der Waals surface area contributed by atoms with Gasteiger partial charge in [-0.1, -0.05) is 12.1 Å². The highest BCUT2D eigenvalue weighted by Crippen LogP contribution is 2.27. The Labute approximate surface area is 153 Å². The van der Waals surface area contributed by atoms with Crippen molar-refractivity contribution in [2.45, 2.75) is 32.7 Å². The van der Waals surface area contributed by atoms with E-state index in [1.54, 1.807) is 18.4 Å². The molecule has 1 aliphatic heterocycles. The van der Waals surface area contributed by atoms with Crippen molar-refractivity contribution < 1.29 is 9.53 Å². The molecule has 3 rings (SSSR count). The molecule has 2 heterocycles.